The van der Waals surface area contributed by atoms with E-state index in [9.17, 15) is 4.79 Å². The quantitative estimate of drug-likeness (QED) is 0.899. The minimum absolute atomic E-state index is 0.234. The smallest absolute Gasteiger partial charge is 0.223 e. The summed E-state index contributed by atoms with van der Waals surface area (Å²) >= 11 is 5.16. The Morgan fingerprint density at radius 3 is 2.76 bits per heavy atom. The third-order valence-electron chi connectivity index (χ3n) is 3.50. The Kier molecular flexibility index (Phi) is 4.62. The Bertz CT molecular complexity index is 383. The third kappa shape index (κ3) is 3.55. The summed E-state index contributed by atoms with van der Waals surface area (Å²) in [5.41, 5.74) is 0. The predicted octanol–water partition coefficient (Wildman–Crippen LogP) is 3.95. The molecule has 1 amide bonds. The molecule has 1 saturated carbocycles. The van der Waals surface area contributed by atoms with Crippen molar-refractivity contribution in [1.29, 1.82) is 0 Å². The van der Waals surface area contributed by atoms with Gasteiger partial charge in [0.1, 0.15) is 0 Å². The van der Waals surface area contributed by atoms with Crippen molar-refractivity contribution < 1.29 is 4.79 Å². The van der Waals surface area contributed by atoms with Crippen molar-refractivity contribution >= 4 is 33.2 Å². The standard InChI is InChI=1S/C13H18BrNOS/c1-9-2-4-10(5-3-9)13(16)15-8-12-11(14)6-7-17-12/h6-7,9-10H,2-5,8H2,1H3,(H,15,16). The summed E-state index contributed by atoms with van der Waals surface area (Å²) in [4.78, 5) is 13.2. The zero-order chi connectivity index (χ0) is 12.3. The summed E-state index contributed by atoms with van der Waals surface area (Å²) in [6.07, 6.45) is 4.50. The minimum Gasteiger partial charge on any atom is -0.351 e. The van der Waals surface area contributed by atoms with Crippen LogP contribution in [-0.4, -0.2) is 5.91 Å². The first-order valence-corrected chi connectivity index (χ1v) is 7.83. The van der Waals surface area contributed by atoms with Gasteiger partial charge in [-0.05, 0) is 59.0 Å². The van der Waals surface area contributed by atoms with Crippen molar-refractivity contribution in [2.75, 3.05) is 0 Å². The van der Waals surface area contributed by atoms with Crippen LogP contribution in [-0.2, 0) is 11.3 Å². The summed E-state index contributed by atoms with van der Waals surface area (Å²) in [7, 11) is 0. The summed E-state index contributed by atoms with van der Waals surface area (Å²) in [5, 5.41) is 5.09. The molecule has 17 heavy (non-hydrogen) atoms. The maximum Gasteiger partial charge on any atom is 0.223 e. The highest BCUT2D eigenvalue weighted by molar-refractivity contribution is 9.10. The molecule has 0 radical (unpaired) electrons. The van der Waals surface area contributed by atoms with Gasteiger partial charge < -0.3 is 5.32 Å². The fourth-order valence-corrected chi connectivity index (χ4v) is 3.72. The molecule has 1 aliphatic carbocycles. The van der Waals surface area contributed by atoms with E-state index in [1.54, 1.807) is 11.3 Å². The molecule has 0 atom stereocenters. The van der Waals surface area contributed by atoms with E-state index in [1.165, 1.54) is 17.7 Å². The number of halogens is 1. The van der Waals surface area contributed by atoms with E-state index in [2.05, 4.69) is 28.2 Å². The highest BCUT2D eigenvalue weighted by Crippen LogP contribution is 2.28. The molecule has 0 saturated heterocycles. The minimum atomic E-state index is 0.234. The van der Waals surface area contributed by atoms with Crippen LogP contribution in [0.3, 0.4) is 0 Å². The van der Waals surface area contributed by atoms with Gasteiger partial charge in [-0.2, -0.15) is 0 Å². The van der Waals surface area contributed by atoms with E-state index in [1.807, 2.05) is 11.4 Å². The average molecular weight is 316 g/mol. The van der Waals surface area contributed by atoms with Crippen LogP contribution in [0.1, 0.15) is 37.5 Å². The van der Waals surface area contributed by atoms with Gasteiger partial charge in [-0.25, -0.2) is 0 Å². The SMILES string of the molecule is CC1CCC(C(=O)NCc2sccc2Br)CC1. The molecule has 0 bridgehead atoms. The van der Waals surface area contributed by atoms with E-state index in [-0.39, 0.29) is 11.8 Å². The number of carbonyl (C=O) groups is 1. The first kappa shape index (κ1) is 13.1. The van der Waals surface area contributed by atoms with Gasteiger partial charge in [-0.1, -0.05) is 6.92 Å². The summed E-state index contributed by atoms with van der Waals surface area (Å²) in [5.74, 6) is 1.27. The van der Waals surface area contributed by atoms with Crippen molar-refractivity contribution in [2.24, 2.45) is 11.8 Å². The molecule has 1 aromatic rings. The number of carbonyl (C=O) groups excluding carboxylic acids is 1. The van der Waals surface area contributed by atoms with E-state index in [4.69, 9.17) is 0 Å². The lowest BCUT2D eigenvalue weighted by Gasteiger charge is -2.25. The summed E-state index contributed by atoms with van der Waals surface area (Å²) < 4.78 is 1.10. The van der Waals surface area contributed by atoms with Gasteiger partial charge in [0, 0.05) is 15.3 Å². The monoisotopic (exact) mass is 315 g/mol. The first-order chi connectivity index (χ1) is 8.16. The average Bonchev–Trinajstić information content (AvgIpc) is 2.73. The Morgan fingerprint density at radius 1 is 1.47 bits per heavy atom. The predicted molar refractivity (Wildman–Crippen MR) is 75.0 cm³/mol. The lowest BCUT2D eigenvalue weighted by molar-refractivity contribution is -0.126. The lowest BCUT2D eigenvalue weighted by atomic mass is 9.82. The maximum absolute atomic E-state index is 12.0. The molecule has 0 aromatic carbocycles. The Hall–Kier alpha value is -0.350. The fraction of sp³-hybridized carbons (Fsp3) is 0.615. The van der Waals surface area contributed by atoms with Gasteiger partial charge in [0.25, 0.3) is 0 Å². The molecule has 1 fully saturated rings. The van der Waals surface area contributed by atoms with Crippen LogP contribution in [0.25, 0.3) is 0 Å². The van der Waals surface area contributed by atoms with E-state index >= 15 is 0 Å². The Balaban J connectivity index is 1.80. The van der Waals surface area contributed by atoms with Crippen molar-refractivity contribution in [3.8, 4) is 0 Å². The van der Waals surface area contributed by atoms with Crippen LogP contribution in [0.15, 0.2) is 15.9 Å². The second kappa shape index (κ2) is 6.01. The van der Waals surface area contributed by atoms with Crippen LogP contribution in [0.4, 0.5) is 0 Å². The lowest BCUT2D eigenvalue weighted by Crippen LogP contribution is -2.32. The zero-order valence-electron chi connectivity index (χ0n) is 10.0. The Morgan fingerprint density at radius 2 is 2.18 bits per heavy atom. The number of hydrogen-bond donors (Lipinski definition) is 1. The second-order valence-corrected chi connectivity index (χ2v) is 6.72. The first-order valence-electron chi connectivity index (χ1n) is 6.16. The fourth-order valence-electron chi connectivity index (χ4n) is 2.29. The van der Waals surface area contributed by atoms with Gasteiger partial charge in [0.15, 0.2) is 0 Å². The van der Waals surface area contributed by atoms with Crippen molar-refractivity contribution in [3.05, 3.63) is 20.8 Å². The topological polar surface area (TPSA) is 29.1 Å². The molecule has 0 spiro atoms. The molecule has 1 heterocycles. The number of nitrogens with one attached hydrogen (secondary N) is 1. The van der Waals surface area contributed by atoms with Crippen molar-refractivity contribution in [3.63, 3.8) is 0 Å². The van der Waals surface area contributed by atoms with Crippen molar-refractivity contribution in [2.45, 2.75) is 39.2 Å². The molecule has 0 aliphatic heterocycles. The van der Waals surface area contributed by atoms with Crippen LogP contribution in [0.2, 0.25) is 0 Å². The van der Waals surface area contributed by atoms with Gasteiger partial charge in [0.2, 0.25) is 5.91 Å². The summed E-state index contributed by atoms with van der Waals surface area (Å²) in [6, 6.07) is 2.02. The molecule has 2 rings (SSSR count). The van der Waals surface area contributed by atoms with Crippen molar-refractivity contribution in [1.82, 2.24) is 5.32 Å². The molecule has 1 aliphatic rings. The van der Waals surface area contributed by atoms with Gasteiger partial charge in [-0.15, -0.1) is 11.3 Å². The molecule has 94 valence electrons. The molecular weight excluding hydrogens is 298 g/mol. The molecule has 4 heteroatoms. The normalized spacial score (nSPS) is 24.6. The van der Waals surface area contributed by atoms with Crippen LogP contribution < -0.4 is 5.32 Å². The molecule has 0 unspecified atom stereocenters. The molecule has 2 nitrogen and oxygen atoms in total. The van der Waals surface area contributed by atoms with Gasteiger partial charge in [-0.3, -0.25) is 4.79 Å². The zero-order valence-corrected chi connectivity index (χ0v) is 12.4. The van der Waals surface area contributed by atoms with Crippen LogP contribution in [0.5, 0.6) is 0 Å². The molecule has 1 N–H and O–H groups in total. The van der Waals surface area contributed by atoms with Gasteiger partial charge in [0.05, 0.1) is 6.54 Å². The summed E-state index contributed by atoms with van der Waals surface area (Å²) in [6.45, 7) is 2.93. The number of thiophene rings is 1. The van der Waals surface area contributed by atoms with Gasteiger partial charge >= 0.3 is 0 Å². The van der Waals surface area contributed by atoms with E-state index < -0.39 is 0 Å². The molecule has 1 aromatic heterocycles. The van der Waals surface area contributed by atoms with E-state index in [0.29, 0.717) is 6.54 Å². The highest BCUT2D eigenvalue weighted by atomic mass is 79.9. The van der Waals surface area contributed by atoms with Crippen LogP contribution in [0, 0.1) is 11.8 Å². The molecular formula is C13H18BrNOS. The third-order valence-corrected chi connectivity index (χ3v) is 5.43. The van der Waals surface area contributed by atoms with Crippen LogP contribution >= 0.6 is 27.3 Å². The number of rotatable bonds is 3. The second-order valence-electron chi connectivity index (χ2n) is 4.87. The Labute approximate surface area is 115 Å². The number of amides is 1. The highest BCUT2D eigenvalue weighted by Gasteiger charge is 2.24. The number of hydrogen-bond acceptors (Lipinski definition) is 2. The largest absolute Gasteiger partial charge is 0.351 e. The van der Waals surface area contributed by atoms with E-state index in [0.717, 1.165) is 23.2 Å². The maximum atomic E-state index is 12.0.